The van der Waals surface area contributed by atoms with E-state index in [4.69, 9.17) is 0 Å². The lowest BCUT2D eigenvalue weighted by Gasteiger charge is -2.05. The molecule has 0 radical (unpaired) electrons. The number of rotatable bonds is 0. The van der Waals surface area contributed by atoms with Crippen LogP contribution in [0.3, 0.4) is 0 Å². The van der Waals surface area contributed by atoms with Crippen molar-refractivity contribution < 1.29 is 0 Å². The lowest BCUT2D eigenvalue weighted by atomic mass is 10.2. The molecule has 0 saturated carbocycles. The van der Waals surface area contributed by atoms with Crippen LogP contribution in [-0.4, -0.2) is 16.2 Å². The van der Waals surface area contributed by atoms with Gasteiger partial charge in [-0.2, -0.15) is 0 Å². The van der Waals surface area contributed by atoms with Crippen LogP contribution in [0.5, 0.6) is 0 Å². The molecule has 0 spiro atoms. The first kappa shape index (κ1) is 8.11. The van der Waals surface area contributed by atoms with Gasteiger partial charge in [-0.1, -0.05) is 18.2 Å². The first-order valence-corrected chi connectivity index (χ1v) is 4.63. The topological polar surface area (TPSA) is 50.2 Å². The Bertz CT molecular complexity index is 486. The van der Waals surface area contributed by atoms with Crippen LogP contribution in [0.15, 0.2) is 41.8 Å². The van der Waals surface area contributed by atoms with Crippen molar-refractivity contribution in [2.24, 2.45) is 4.99 Å². The fourth-order valence-corrected chi connectivity index (χ4v) is 1.50. The van der Waals surface area contributed by atoms with E-state index in [9.17, 15) is 0 Å². The Labute approximate surface area is 86.7 Å². The van der Waals surface area contributed by atoms with Gasteiger partial charge in [-0.3, -0.25) is 4.99 Å². The van der Waals surface area contributed by atoms with Gasteiger partial charge in [0.05, 0.1) is 6.20 Å². The number of anilines is 2. The number of nitrogens with zero attached hydrogens (tertiary/aromatic N) is 3. The van der Waals surface area contributed by atoms with Gasteiger partial charge >= 0.3 is 0 Å². The summed E-state index contributed by atoms with van der Waals surface area (Å²) in [6.45, 7) is 0. The van der Waals surface area contributed by atoms with Gasteiger partial charge in [0.25, 0.3) is 0 Å². The Morgan fingerprint density at radius 2 is 2.07 bits per heavy atom. The average molecular weight is 196 g/mol. The monoisotopic (exact) mass is 196 g/mol. The van der Waals surface area contributed by atoms with Crippen molar-refractivity contribution in [3.8, 4) is 0 Å². The molecule has 4 heteroatoms. The molecule has 1 aliphatic rings. The standard InChI is InChI=1S/C11H8N4/c1-2-4-9-8(3-1)5-13-10-6-12-7-14-11(10)15-9/h1-7H,(H,12,14,15). The molecule has 72 valence electrons. The second-order valence-corrected chi connectivity index (χ2v) is 3.23. The molecule has 0 fully saturated rings. The van der Waals surface area contributed by atoms with Gasteiger partial charge in [0, 0.05) is 17.5 Å². The number of hydrogen-bond acceptors (Lipinski definition) is 4. The summed E-state index contributed by atoms with van der Waals surface area (Å²) in [7, 11) is 0. The van der Waals surface area contributed by atoms with Crippen LogP contribution in [0.4, 0.5) is 17.2 Å². The molecule has 3 rings (SSSR count). The fraction of sp³-hybridized carbons (Fsp3) is 0. The Morgan fingerprint density at radius 1 is 1.13 bits per heavy atom. The molecule has 1 aliphatic heterocycles. The van der Waals surface area contributed by atoms with E-state index < -0.39 is 0 Å². The maximum Gasteiger partial charge on any atom is 0.159 e. The summed E-state index contributed by atoms with van der Waals surface area (Å²) in [6.07, 6.45) is 5.02. The summed E-state index contributed by atoms with van der Waals surface area (Å²) in [5, 5.41) is 3.23. The van der Waals surface area contributed by atoms with Gasteiger partial charge in [0.2, 0.25) is 0 Å². The van der Waals surface area contributed by atoms with E-state index >= 15 is 0 Å². The summed E-state index contributed by atoms with van der Waals surface area (Å²) in [6, 6.07) is 7.96. The van der Waals surface area contributed by atoms with E-state index in [0.29, 0.717) is 0 Å². The number of para-hydroxylation sites is 1. The first-order valence-electron chi connectivity index (χ1n) is 4.63. The zero-order valence-electron chi connectivity index (χ0n) is 7.88. The van der Waals surface area contributed by atoms with Gasteiger partial charge in [-0.25, -0.2) is 9.97 Å². The number of fused-ring (bicyclic) bond motifs is 2. The quantitative estimate of drug-likeness (QED) is 0.600. The highest BCUT2D eigenvalue weighted by Gasteiger charge is 2.08. The van der Waals surface area contributed by atoms with Gasteiger partial charge in [0.1, 0.15) is 12.0 Å². The van der Waals surface area contributed by atoms with Crippen LogP contribution in [0.2, 0.25) is 0 Å². The molecule has 0 bridgehead atoms. The zero-order valence-corrected chi connectivity index (χ0v) is 7.88. The smallest absolute Gasteiger partial charge is 0.159 e. The second kappa shape index (κ2) is 3.16. The van der Waals surface area contributed by atoms with Crippen LogP contribution in [-0.2, 0) is 0 Å². The van der Waals surface area contributed by atoms with E-state index in [1.54, 1.807) is 6.20 Å². The molecular formula is C11H8N4. The van der Waals surface area contributed by atoms with E-state index in [1.165, 1.54) is 6.33 Å². The Morgan fingerprint density at radius 3 is 3.07 bits per heavy atom. The first-order chi connectivity index (χ1) is 7.43. The Balaban J connectivity index is 2.19. The minimum absolute atomic E-state index is 0.742. The predicted octanol–water partition coefficient (Wildman–Crippen LogP) is 2.28. The maximum absolute atomic E-state index is 4.32. The number of benzene rings is 1. The summed E-state index contributed by atoms with van der Waals surface area (Å²) in [5.41, 5.74) is 2.82. The van der Waals surface area contributed by atoms with Crippen molar-refractivity contribution in [1.82, 2.24) is 9.97 Å². The molecular weight excluding hydrogens is 188 g/mol. The molecule has 0 saturated heterocycles. The highest BCUT2D eigenvalue weighted by molar-refractivity contribution is 5.93. The van der Waals surface area contributed by atoms with Crippen LogP contribution in [0.1, 0.15) is 5.56 Å². The molecule has 4 nitrogen and oxygen atoms in total. The Hall–Kier alpha value is -2.23. The maximum atomic E-state index is 4.32. The van der Waals surface area contributed by atoms with Crippen LogP contribution in [0.25, 0.3) is 0 Å². The summed E-state index contributed by atoms with van der Waals surface area (Å²) < 4.78 is 0. The molecule has 1 aromatic heterocycles. The third-order valence-corrected chi connectivity index (χ3v) is 2.25. The van der Waals surface area contributed by atoms with Crippen molar-refractivity contribution in [3.05, 3.63) is 42.4 Å². The molecule has 2 aromatic rings. The molecule has 0 unspecified atom stereocenters. The van der Waals surface area contributed by atoms with Gasteiger partial charge in [-0.05, 0) is 6.07 Å². The fourth-order valence-electron chi connectivity index (χ4n) is 1.50. The van der Waals surface area contributed by atoms with E-state index in [-0.39, 0.29) is 0 Å². The predicted molar refractivity (Wildman–Crippen MR) is 59.0 cm³/mol. The summed E-state index contributed by atoms with van der Waals surface area (Å²) in [4.78, 5) is 12.4. The molecule has 2 heterocycles. The molecule has 15 heavy (non-hydrogen) atoms. The van der Waals surface area contributed by atoms with Crippen molar-refractivity contribution in [1.29, 1.82) is 0 Å². The Kier molecular flexibility index (Phi) is 1.71. The lowest BCUT2D eigenvalue weighted by Crippen LogP contribution is -1.94. The van der Waals surface area contributed by atoms with Crippen LogP contribution < -0.4 is 5.32 Å². The van der Waals surface area contributed by atoms with E-state index in [1.807, 2.05) is 30.5 Å². The van der Waals surface area contributed by atoms with Crippen molar-refractivity contribution in [3.63, 3.8) is 0 Å². The SMILES string of the molecule is C1=Nc2cncnc2Nc2ccccc21. The van der Waals surface area contributed by atoms with Gasteiger partial charge in [-0.15, -0.1) is 0 Å². The summed E-state index contributed by atoms with van der Waals surface area (Å²) in [5.74, 6) is 0.742. The third-order valence-electron chi connectivity index (χ3n) is 2.25. The largest absolute Gasteiger partial charge is 0.338 e. The van der Waals surface area contributed by atoms with E-state index in [0.717, 1.165) is 22.8 Å². The second-order valence-electron chi connectivity index (χ2n) is 3.23. The molecule has 0 atom stereocenters. The number of aromatic nitrogens is 2. The number of aliphatic imine (C=N–C) groups is 1. The minimum atomic E-state index is 0.742. The molecule has 0 aliphatic carbocycles. The molecule has 1 N–H and O–H groups in total. The van der Waals surface area contributed by atoms with Crippen LogP contribution >= 0.6 is 0 Å². The minimum Gasteiger partial charge on any atom is -0.338 e. The number of nitrogens with one attached hydrogen (secondary N) is 1. The van der Waals surface area contributed by atoms with Gasteiger partial charge in [0.15, 0.2) is 5.82 Å². The number of hydrogen-bond donors (Lipinski definition) is 1. The average Bonchev–Trinajstić information content (AvgIpc) is 2.48. The van der Waals surface area contributed by atoms with Crippen molar-refractivity contribution in [2.75, 3.05) is 5.32 Å². The highest BCUT2D eigenvalue weighted by Crippen LogP contribution is 2.28. The third kappa shape index (κ3) is 1.36. The zero-order chi connectivity index (χ0) is 10.1. The molecule has 1 aromatic carbocycles. The highest BCUT2D eigenvalue weighted by atomic mass is 15.1. The van der Waals surface area contributed by atoms with Crippen LogP contribution in [0, 0.1) is 0 Å². The van der Waals surface area contributed by atoms with Gasteiger partial charge < -0.3 is 5.32 Å². The normalized spacial score (nSPS) is 12.3. The molecule has 0 amide bonds. The van der Waals surface area contributed by atoms with E-state index in [2.05, 4.69) is 20.3 Å². The van der Waals surface area contributed by atoms with Crippen molar-refractivity contribution in [2.45, 2.75) is 0 Å². The van der Waals surface area contributed by atoms with Crippen molar-refractivity contribution >= 4 is 23.4 Å². The summed E-state index contributed by atoms with van der Waals surface area (Å²) >= 11 is 0. The lowest BCUT2D eigenvalue weighted by molar-refractivity contribution is 1.16.